The van der Waals surface area contributed by atoms with Gasteiger partial charge in [-0.1, -0.05) is 41.4 Å². The molecule has 1 amide bonds. The smallest absolute Gasteiger partial charge is 0.253 e. The van der Waals surface area contributed by atoms with Gasteiger partial charge in [0.1, 0.15) is 0 Å². The van der Waals surface area contributed by atoms with Crippen molar-refractivity contribution in [1.82, 2.24) is 10.2 Å². The predicted molar refractivity (Wildman–Crippen MR) is 123 cm³/mol. The van der Waals surface area contributed by atoms with Gasteiger partial charge in [-0.2, -0.15) is 0 Å². The van der Waals surface area contributed by atoms with Gasteiger partial charge in [0.15, 0.2) is 5.96 Å². The average molecular weight is 521 g/mol. The van der Waals surface area contributed by atoms with Gasteiger partial charge in [0.25, 0.3) is 5.91 Å². The number of amides is 1. The van der Waals surface area contributed by atoms with E-state index in [-0.39, 0.29) is 35.9 Å². The quantitative estimate of drug-likeness (QED) is 0.347. The van der Waals surface area contributed by atoms with Crippen molar-refractivity contribution < 1.29 is 4.79 Å². The Morgan fingerprint density at radius 2 is 1.81 bits per heavy atom. The van der Waals surface area contributed by atoms with E-state index in [2.05, 4.69) is 10.3 Å². The molecule has 0 heterocycles. The molecule has 1 unspecified atom stereocenters. The molecule has 3 N–H and O–H groups in total. The third kappa shape index (κ3) is 6.86. The first-order valence-corrected chi connectivity index (χ1v) is 8.85. The zero-order valence-corrected chi connectivity index (χ0v) is 19.2. The highest BCUT2D eigenvalue weighted by Gasteiger charge is 2.11. The predicted octanol–water partition coefficient (Wildman–Crippen LogP) is 4.48. The van der Waals surface area contributed by atoms with Crippen LogP contribution < -0.4 is 11.1 Å². The number of hydrogen-bond donors (Lipinski definition) is 2. The van der Waals surface area contributed by atoms with E-state index in [9.17, 15) is 4.79 Å². The molecule has 0 saturated heterocycles. The zero-order valence-electron chi connectivity index (χ0n) is 15.4. The van der Waals surface area contributed by atoms with Crippen LogP contribution in [0.5, 0.6) is 0 Å². The Bertz CT molecular complexity index is 810. The standard InChI is InChI=1S/C19H22Cl2N4O.HI/c1-12(16-9-8-15(20)10-17(16)21)24-19(22)23-11-13-4-6-14(7-5-13)18(26)25(2)3;/h4-10,12H,11H2,1-3H3,(H3,22,23,24);1H. The molecule has 0 radical (unpaired) electrons. The number of guanidine groups is 1. The Morgan fingerprint density at radius 1 is 1.19 bits per heavy atom. The summed E-state index contributed by atoms with van der Waals surface area (Å²) in [6.07, 6.45) is 0. The molecular weight excluding hydrogens is 498 g/mol. The third-order valence-corrected chi connectivity index (χ3v) is 4.39. The average Bonchev–Trinajstić information content (AvgIpc) is 2.59. The highest BCUT2D eigenvalue weighted by Crippen LogP contribution is 2.25. The maximum Gasteiger partial charge on any atom is 0.253 e. The van der Waals surface area contributed by atoms with E-state index in [1.54, 1.807) is 43.3 Å². The molecule has 0 aromatic heterocycles. The molecule has 0 bridgehead atoms. The lowest BCUT2D eigenvalue weighted by atomic mass is 10.1. The van der Waals surface area contributed by atoms with Gasteiger partial charge in [-0.15, -0.1) is 24.0 Å². The maximum atomic E-state index is 11.9. The summed E-state index contributed by atoms with van der Waals surface area (Å²) in [6, 6.07) is 12.5. The second-order valence-electron chi connectivity index (χ2n) is 6.13. The van der Waals surface area contributed by atoms with Crippen molar-refractivity contribution in [1.29, 1.82) is 0 Å². The highest BCUT2D eigenvalue weighted by atomic mass is 127. The van der Waals surface area contributed by atoms with E-state index in [0.29, 0.717) is 28.1 Å². The van der Waals surface area contributed by atoms with Crippen LogP contribution >= 0.6 is 47.2 Å². The van der Waals surface area contributed by atoms with Crippen LogP contribution in [0.3, 0.4) is 0 Å². The minimum absolute atomic E-state index is 0. The van der Waals surface area contributed by atoms with Gasteiger partial charge in [0, 0.05) is 29.7 Å². The normalized spacial score (nSPS) is 12.1. The SMILES string of the molecule is CC(NC(N)=NCc1ccc(C(=O)N(C)C)cc1)c1ccc(Cl)cc1Cl.I. The van der Waals surface area contributed by atoms with E-state index in [4.69, 9.17) is 28.9 Å². The van der Waals surface area contributed by atoms with E-state index in [1.807, 2.05) is 25.1 Å². The lowest BCUT2D eigenvalue weighted by Gasteiger charge is -2.16. The molecular formula is C19H23Cl2IN4O. The molecule has 0 fully saturated rings. The van der Waals surface area contributed by atoms with Crippen LogP contribution in [0.1, 0.15) is 34.5 Å². The fraction of sp³-hybridized carbons (Fsp3) is 0.263. The summed E-state index contributed by atoms with van der Waals surface area (Å²) >= 11 is 12.1. The van der Waals surface area contributed by atoms with Crippen molar-refractivity contribution in [2.45, 2.75) is 19.5 Å². The molecule has 2 aromatic carbocycles. The second kappa shape index (κ2) is 10.7. The Hall–Kier alpha value is -1.51. The molecule has 2 rings (SSSR count). The topological polar surface area (TPSA) is 70.7 Å². The van der Waals surface area contributed by atoms with Gasteiger partial charge in [-0.05, 0) is 42.3 Å². The molecule has 146 valence electrons. The largest absolute Gasteiger partial charge is 0.370 e. The van der Waals surface area contributed by atoms with Gasteiger partial charge in [-0.25, -0.2) is 4.99 Å². The molecule has 2 aromatic rings. The van der Waals surface area contributed by atoms with Crippen LogP contribution in [-0.2, 0) is 6.54 Å². The van der Waals surface area contributed by atoms with Crippen LogP contribution in [0.15, 0.2) is 47.5 Å². The van der Waals surface area contributed by atoms with Crippen molar-refractivity contribution in [3.05, 3.63) is 69.2 Å². The maximum absolute atomic E-state index is 11.9. The van der Waals surface area contributed by atoms with Crippen molar-refractivity contribution in [2.75, 3.05) is 14.1 Å². The van der Waals surface area contributed by atoms with Crippen LogP contribution in [0.25, 0.3) is 0 Å². The molecule has 0 aliphatic rings. The number of carbonyl (C=O) groups is 1. The van der Waals surface area contributed by atoms with Gasteiger partial charge < -0.3 is 16.0 Å². The monoisotopic (exact) mass is 520 g/mol. The first-order valence-electron chi connectivity index (χ1n) is 8.10. The van der Waals surface area contributed by atoms with Crippen LogP contribution in [0.2, 0.25) is 10.0 Å². The lowest BCUT2D eigenvalue weighted by Crippen LogP contribution is -2.34. The fourth-order valence-electron chi connectivity index (χ4n) is 2.39. The number of nitrogens with two attached hydrogens (primary N) is 1. The van der Waals surface area contributed by atoms with Crippen molar-refractivity contribution >= 4 is 59.0 Å². The molecule has 0 saturated carbocycles. The molecule has 0 aliphatic heterocycles. The van der Waals surface area contributed by atoms with Crippen LogP contribution in [-0.4, -0.2) is 30.9 Å². The molecule has 5 nitrogen and oxygen atoms in total. The number of carbonyl (C=O) groups excluding carboxylic acids is 1. The molecule has 1 atom stereocenters. The highest BCUT2D eigenvalue weighted by molar-refractivity contribution is 14.0. The first-order chi connectivity index (χ1) is 12.3. The van der Waals surface area contributed by atoms with Crippen LogP contribution in [0.4, 0.5) is 0 Å². The lowest BCUT2D eigenvalue weighted by molar-refractivity contribution is 0.0827. The van der Waals surface area contributed by atoms with Gasteiger partial charge >= 0.3 is 0 Å². The summed E-state index contributed by atoms with van der Waals surface area (Å²) in [7, 11) is 3.45. The van der Waals surface area contributed by atoms with E-state index in [1.165, 1.54) is 0 Å². The third-order valence-electron chi connectivity index (χ3n) is 3.83. The van der Waals surface area contributed by atoms with Gasteiger partial charge in [0.05, 0.1) is 12.6 Å². The summed E-state index contributed by atoms with van der Waals surface area (Å²) in [5.41, 5.74) is 8.46. The summed E-state index contributed by atoms with van der Waals surface area (Å²) < 4.78 is 0. The second-order valence-corrected chi connectivity index (χ2v) is 6.97. The Labute approximate surface area is 186 Å². The number of rotatable bonds is 5. The van der Waals surface area contributed by atoms with E-state index < -0.39 is 0 Å². The molecule has 0 spiro atoms. The Balaban J connectivity index is 0.00000364. The van der Waals surface area contributed by atoms with Crippen molar-refractivity contribution in [3.8, 4) is 0 Å². The fourth-order valence-corrected chi connectivity index (χ4v) is 2.96. The first kappa shape index (κ1) is 23.5. The van der Waals surface area contributed by atoms with Gasteiger partial charge in [-0.3, -0.25) is 4.79 Å². The zero-order chi connectivity index (χ0) is 19.3. The Morgan fingerprint density at radius 3 is 2.37 bits per heavy atom. The Kier molecular flexibility index (Phi) is 9.35. The minimum Gasteiger partial charge on any atom is -0.370 e. The van der Waals surface area contributed by atoms with E-state index >= 15 is 0 Å². The number of halogens is 3. The number of nitrogens with zero attached hydrogens (tertiary/aromatic N) is 2. The summed E-state index contributed by atoms with van der Waals surface area (Å²) in [6.45, 7) is 2.36. The number of benzene rings is 2. The van der Waals surface area contributed by atoms with Gasteiger partial charge in [0.2, 0.25) is 0 Å². The number of aliphatic imine (C=N–C) groups is 1. The number of hydrogen-bond acceptors (Lipinski definition) is 2. The minimum atomic E-state index is -0.108. The summed E-state index contributed by atoms with van der Waals surface area (Å²) in [5, 5.41) is 4.27. The van der Waals surface area contributed by atoms with Crippen molar-refractivity contribution in [2.24, 2.45) is 10.7 Å². The molecule has 0 aliphatic carbocycles. The van der Waals surface area contributed by atoms with Crippen LogP contribution in [0, 0.1) is 0 Å². The number of nitrogens with one attached hydrogen (secondary N) is 1. The van der Waals surface area contributed by atoms with Crippen molar-refractivity contribution in [3.63, 3.8) is 0 Å². The molecule has 8 heteroatoms. The summed E-state index contributed by atoms with van der Waals surface area (Å²) in [4.78, 5) is 17.8. The molecule has 27 heavy (non-hydrogen) atoms. The van der Waals surface area contributed by atoms with E-state index in [0.717, 1.165) is 11.1 Å². The summed E-state index contributed by atoms with van der Waals surface area (Å²) in [5.74, 6) is 0.284.